The predicted octanol–water partition coefficient (Wildman–Crippen LogP) is 3.86. The molecular formula is C25H26N2O5. The average Bonchev–Trinajstić information content (AvgIpc) is 2.84. The molecule has 166 valence electrons. The van der Waals surface area contributed by atoms with Crippen LogP contribution < -0.4 is 14.2 Å². The second kappa shape index (κ2) is 10.6. The monoisotopic (exact) mass is 434 g/mol. The quantitative estimate of drug-likeness (QED) is 0.624. The maximum absolute atomic E-state index is 13.3. The van der Waals surface area contributed by atoms with Crippen LogP contribution in [-0.4, -0.2) is 49.3 Å². The number of pyridine rings is 1. The first-order valence-electron chi connectivity index (χ1n) is 10.6. The number of ether oxygens (including phenoxy) is 4. The molecule has 0 fully saturated rings. The Morgan fingerprint density at radius 3 is 2.69 bits per heavy atom. The molecule has 32 heavy (non-hydrogen) atoms. The lowest BCUT2D eigenvalue weighted by atomic mass is 10.1. The summed E-state index contributed by atoms with van der Waals surface area (Å²) in [5.74, 6) is 2.30. The highest BCUT2D eigenvalue weighted by molar-refractivity contribution is 5.79. The van der Waals surface area contributed by atoms with Gasteiger partial charge in [-0.1, -0.05) is 36.4 Å². The summed E-state index contributed by atoms with van der Waals surface area (Å²) in [6.45, 7) is 1.98. The van der Waals surface area contributed by atoms with Crippen LogP contribution in [0.2, 0.25) is 0 Å². The van der Waals surface area contributed by atoms with Crippen molar-refractivity contribution in [3.63, 3.8) is 0 Å². The molecule has 1 aliphatic rings. The van der Waals surface area contributed by atoms with E-state index in [4.69, 9.17) is 18.9 Å². The summed E-state index contributed by atoms with van der Waals surface area (Å²) in [6, 6.07) is 18.7. The van der Waals surface area contributed by atoms with Gasteiger partial charge in [0.1, 0.15) is 12.4 Å². The van der Waals surface area contributed by atoms with Crippen molar-refractivity contribution in [1.29, 1.82) is 0 Å². The lowest BCUT2D eigenvalue weighted by Gasteiger charge is -2.24. The number of aromatic nitrogens is 1. The Kier molecular flexibility index (Phi) is 7.19. The fourth-order valence-corrected chi connectivity index (χ4v) is 3.50. The van der Waals surface area contributed by atoms with Crippen LogP contribution in [0.1, 0.15) is 11.1 Å². The standard InChI is InChI=1S/C25H26N2O5/c1-29-21-9-3-2-7-19(21)17-24(28)27-13-14-30-15-16-31-22-10-4-5-11-23(22)32-25-20(18-27)8-6-12-26-25/h2-12H,13-18H2,1H3. The molecule has 7 nitrogen and oxygen atoms in total. The summed E-state index contributed by atoms with van der Waals surface area (Å²) < 4.78 is 23.1. The van der Waals surface area contributed by atoms with Gasteiger partial charge in [-0.3, -0.25) is 4.79 Å². The molecule has 7 heteroatoms. The van der Waals surface area contributed by atoms with Gasteiger partial charge in [0.25, 0.3) is 0 Å². The minimum absolute atomic E-state index is 0.0283. The molecule has 0 unspecified atom stereocenters. The summed E-state index contributed by atoms with van der Waals surface area (Å²) in [6.07, 6.45) is 1.90. The molecule has 1 aromatic heterocycles. The number of amides is 1. The third-order valence-electron chi connectivity index (χ3n) is 5.14. The van der Waals surface area contributed by atoms with E-state index in [9.17, 15) is 4.79 Å². The van der Waals surface area contributed by atoms with Gasteiger partial charge in [-0.15, -0.1) is 0 Å². The van der Waals surface area contributed by atoms with Gasteiger partial charge in [0.2, 0.25) is 11.8 Å². The summed E-state index contributed by atoms with van der Waals surface area (Å²) in [5, 5.41) is 0. The van der Waals surface area contributed by atoms with E-state index >= 15 is 0 Å². The van der Waals surface area contributed by atoms with Crippen molar-refractivity contribution >= 4 is 5.91 Å². The van der Waals surface area contributed by atoms with Crippen molar-refractivity contribution in [2.24, 2.45) is 0 Å². The van der Waals surface area contributed by atoms with Crippen LogP contribution in [0.25, 0.3) is 0 Å². The van der Waals surface area contributed by atoms with Crippen LogP contribution in [-0.2, 0) is 22.5 Å². The van der Waals surface area contributed by atoms with Crippen molar-refractivity contribution in [3.8, 4) is 23.1 Å². The molecule has 0 aliphatic carbocycles. The van der Waals surface area contributed by atoms with E-state index in [-0.39, 0.29) is 12.3 Å². The van der Waals surface area contributed by atoms with Crippen LogP contribution in [0.4, 0.5) is 0 Å². The second-order valence-electron chi connectivity index (χ2n) is 7.28. The fourth-order valence-electron chi connectivity index (χ4n) is 3.50. The molecule has 1 amide bonds. The molecular weight excluding hydrogens is 408 g/mol. The first-order valence-corrected chi connectivity index (χ1v) is 10.6. The van der Waals surface area contributed by atoms with E-state index in [1.807, 2.05) is 60.7 Å². The Bertz CT molecular complexity index is 1060. The number of hydrogen-bond donors (Lipinski definition) is 0. The van der Waals surface area contributed by atoms with E-state index in [2.05, 4.69) is 4.98 Å². The Labute approximate surface area is 187 Å². The Balaban J connectivity index is 1.60. The molecule has 0 saturated carbocycles. The minimum Gasteiger partial charge on any atom is -0.496 e. The van der Waals surface area contributed by atoms with Gasteiger partial charge in [0.15, 0.2) is 11.5 Å². The van der Waals surface area contributed by atoms with E-state index in [1.165, 1.54) is 0 Å². The van der Waals surface area contributed by atoms with E-state index in [1.54, 1.807) is 18.2 Å². The molecule has 0 spiro atoms. The Hall–Kier alpha value is -3.58. The third-order valence-corrected chi connectivity index (χ3v) is 5.14. The van der Waals surface area contributed by atoms with Crippen molar-refractivity contribution < 1.29 is 23.7 Å². The Morgan fingerprint density at radius 1 is 1.00 bits per heavy atom. The second-order valence-corrected chi connectivity index (χ2v) is 7.28. The number of nitrogens with zero attached hydrogens (tertiary/aromatic N) is 2. The van der Waals surface area contributed by atoms with Crippen molar-refractivity contribution in [3.05, 3.63) is 78.0 Å². The number of carbonyl (C=O) groups is 1. The zero-order chi connectivity index (χ0) is 22.2. The van der Waals surface area contributed by atoms with Gasteiger partial charge >= 0.3 is 0 Å². The fraction of sp³-hybridized carbons (Fsp3) is 0.280. The van der Waals surface area contributed by atoms with Gasteiger partial charge in [0.05, 0.1) is 33.3 Å². The zero-order valence-electron chi connectivity index (χ0n) is 18.0. The maximum Gasteiger partial charge on any atom is 0.227 e. The zero-order valence-corrected chi connectivity index (χ0v) is 18.0. The summed E-state index contributed by atoms with van der Waals surface area (Å²) in [4.78, 5) is 19.4. The van der Waals surface area contributed by atoms with E-state index < -0.39 is 0 Å². The van der Waals surface area contributed by atoms with Crippen LogP contribution in [0, 0.1) is 0 Å². The number of benzene rings is 2. The number of methoxy groups -OCH3 is 1. The number of para-hydroxylation sites is 3. The largest absolute Gasteiger partial charge is 0.496 e. The van der Waals surface area contributed by atoms with Crippen LogP contribution in [0.3, 0.4) is 0 Å². The normalized spacial score (nSPS) is 14.3. The third kappa shape index (κ3) is 5.36. The predicted molar refractivity (Wildman–Crippen MR) is 119 cm³/mol. The average molecular weight is 434 g/mol. The lowest BCUT2D eigenvalue weighted by Crippen LogP contribution is -2.35. The molecule has 0 N–H and O–H groups in total. The molecule has 1 aliphatic heterocycles. The van der Waals surface area contributed by atoms with Gasteiger partial charge < -0.3 is 23.8 Å². The lowest BCUT2D eigenvalue weighted by molar-refractivity contribution is -0.132. The number of fused-ring (bicyclic) bond motifs is 2. The highest BCUT2D eigenvalue weighted by Crippen LogP contribution is 2.32. The smallest absolute Gasteiger partial charge is 0.227 e. The van der Waals surface area contributed by atoms with Crippen molar-refractivity contribution in [2.75, 3.05) is 33.5 Å². The molecule has 0 radical (unpaired) electrons. The van der Waals surface area contributed by atoms with E-state index in [0.29, 0.717) is 56.0 Å². The maximum atomic E-state index is 13.3. The first kappa shape index (κ1) is 21.6. The van der Waals surface area contributed by atoms with Crippen molar-refractivity contribution in [2.45, 2.75) is 13.0 Å². The van der Waals surface area contributed by atoms with Gasteiger partial charge in [-0.05, 0) is 24.3 Å². The topological polar surface area (TPSA) is 70.1 Å². The van der Waals surface area contributed by atoms with Gasteiger partial charge in [-0.2, -0.15) is 0 Å². The van der Waals surface area contributed by atoms with E-state index in [0.717, 1.165) is 11.1 Å². The molecule has 0 saturated heterocycles. The summed E-state index contributed by atoms with van der Waals surface area (Å²) >= 11 is 0. The van der Waals surface area contributed by atoms with Crippen LogP contribution in [0.15, 0.2) is 66.9 Å². The summed E-state index contributed by atoms with van der Waals surface area (Å²) in [7, 11) is 1.61. The molecule has 2 heterocycles. The number of rotatable bonds is 3. The highest BCUT2D eigenvalue weighted by atomic mass is 16.5. The van der Waals surface area contributed by atoms with Crippen LogP contribution in [0.5, 0.6) is 23.1 Å². The van der Waals surface area contributed by atoms with Gasteiger partial charge in [-0.25, -0.2) is 4.98 Å². The summed E-state index contributed by atoms with van der Waals surface area (Å²) in [5.41, 5.74) is 1.64. The molecule has 4 rings (SSSR count). The molecule has 0 bridgehead atoms. The SMILES string of the molecule is COc1ccccc1CC(=O)N1CCOCCOc2ccccc2Oc2ncccc2C1. The number of hydrogen-bond acceptors (Lipinski definition) is 6. The minimum atomic E-state index is -0.0283. The molecule has 3 aromatic rings. The molecule has 2 aromatic carbocycles. The first-order chi connectivity index (χ1) is 15.7. The van der Waals surface area contributed by atoms with Crippen LogP contribution >= 0.6 is 0 Å². The van der Waals surface area contributed by atoms with Gasteiger partial charge in [0, 0.05) is 23.9 Å². The Morgan fingerprint density at radius 2 is 1.81 bits per heavy atom. The van der Waals surface area contributed by atoms with Crippen molar-refractivity contribution in [1.82, 2.24) is 9.88 Å². The highest BCUT2D eigenvalue weighted by Gasteiger charge is 2.20. The number of carbonyl (C=O) groups excluding carboxylic acids is 1. The molecule has 0 atom stereocenters.